The molecule has 13 heavy (non-hydrogen) atoms. The van der Waals surface area contributed by atoms with Crippen LogP contribution >= 0.6 is 11.8 Å². The summed E-state index contributed by atoms with van der Waals surface area (Å²) in [7, 11) is 1.80. The third-order valence-corrected chi connectivity index (χ3v) is 2.66. The molecule has 72 valence electrons. The number of aryl methyl sites for hydroxylation is 1. The van der Waals surface area contributed by atoms with Gasteiger partial charge in [-0.2, -0.15) is 0 Å². The van der Waals surface area contributed by atoms with E-state index in [9.17, 15) is 0 Å². The molecule has 0 aromatic carbocycles. The Kier molecular flexibility index (Phi) is 2.77. The number of rotatable bonds is 3. The van der Waals surface area contributed by atoms with Crippen LogP contribution in [0.15, 0.2) is 5.16 Å². The molecule has 2 rings (SSSR count). The van der Waals surface area contributed by atoms with Crippen molar-refractivity contribution >= 4 is 11.8 Å². The van der Waals surface area contributed by atoms with E-state index in [2.05, 4.69) is 15.5 Å². The molecule has 0 spiro atoms. The summed E-state index contributed by atoms with van der Waals surface area (Å²) >= 11 is 1.53. The van der Waals surface area contributed by atoms with Crippen molar-refractivity contribution in [2.75, 3.05) is 19.0 Å². The van der Waals surface area contributed by atoms with Gasteiger partial charge in [0, 0.05) is 7.05 Å². The number of hydrogen-bond acceptors (Lipinski definition) is 6. The fourth-order valence-electron chi connectivity index (χ4n) is 0.990. The lowest BCUT2D eigenvalue weighted by Gasteiger charge is -2.06. The van der Waals surface area contributed by atoms with Gasteiger partial charge in [0.05, 0.1) is 19.0 Å². The Labute approximate surface area is 79.6 Å². The minimum atomic E-state index is -0.110. The van der Waals surface area contributed by atoms with Gasteiger partial charge in [-0.1, -0.05) is 11.8 Å². The molecular weight excluding hydrogens is 192 g/mol. The second kappa shape index (κ2) is 4.03. The first-order valence-corrected chi connectivity index (χ1v) is 4.93. The Morgan fingerprint density at radius 1 is 1.54 bits per heavy atom. The second-order valence-electron chi connectivity index (χ2n) is 2.57. The molecule has 1 aliphatic heterocycles. The van der Waals surface area contributed by atoms with Crippen molar-refractivity contribution < 1.29 is 9.47 Å². The van der Waals surface area contributed by atoms with Gasteiger partial charge in [-0.3, -0.25) is 0 Å². The third kappa shape index (κ3) is 2.17. The molecular formula is C6H10N4O2S. The van der Waals surface area contributed by atoms with Gasteiger partial charge in [0.15, 0.2) is 6.29 Å². The Balaban J connectivity index is 1.82. The monoisotopic (exact) mass is 202 g/mol. The maximum atomic E-state index is 5.27. The molecule has 1 saturated heterocycles. The molecule has 0 bridgehead atoms. The summed E-state index contributed by atoms with van der Waals surface area (Å²) < 4.78 is 12.2. The summed E-state index contributed by atoms with van der Waals surface area (Å²) in [5.74, 6) is 0.730. The highest BCUT2D eigenvalue weighted by Gasteiger charge is 2.17. The molecule has 0 saturated carbocycles. The number of aromatic nitrogens is 4. The quantitative estimate of drug-likeness (QED) is 0.626. The maximum absolute atomic E-state index is 5.27. The molecule has 0 radical (unpaired) electrons. The molecule has 1 aromatic rings. The summed E-state index contributed by atoms with van der Waals surface area (Å²) in [6.45, 7) is 1.37. The van der Waals surface area contributed by atoms with Crippen LogP contribution in [-0.2, 0) is 16.5 Å². The normalized spacial score (nSPS) is 18.2. The van der Waals surface area contributed by atoms with Gasteiger partial charge in [-0.05, 0) is 10.4 Å². The zero-order valence-electron chi connectivity index (χ0n) is 7.21. The zero-order valence-corrected chi connectivity index (χ0v) is 8.03. The van der Waals surface area contributed by atoms with Crippen molar-refractivity contribution in [3.63, 3.8) is 0 Å². The van der Waals surface area contributed by atoms with E-state index < -0.39 is 0 Å². The Morgan fingerprint density at radius 2 is 2.31 bits per heavy atom. The van der Waals surface area contributed by atoms with E-state index in [-0.39, 0.29) is 6.29 Å². The second-order valence-corrected chi connectivity index (χ2v) is 3.55. The van der Waals surface area contributed by atoms with Crippen molar-refractivity contribution in [3.05, 3.63) is 0 Å². The molecule has 0 amide bonds. The van der Waals surface area contributed by atoms with Crippen molar-refractivity contribution in [2.45, 2.75) is 11.4 Å². The first kappa shape index (κ1) is 8.92. The lowest BCUT2D eigenvalue weighted by molar-refractivity contribution is -0.0215. The molecule has 2 heterocycles. The molecule has 1 aliphatic rings. The van der Waals surface area contributed by atoms with E-state index in [1.165, 1.54) is 11.8 Å². The average molecular weight is 202 g/mol. The van der Waals surface area contributed by atoms with Crippen LogP contribution in [0.4, 0.5) is 0 Å². The van der Waals surface area contributed by atoms with Crippen LogP contribution in [0.5, 0.6) is 0 Å². The minimum Gasteiger partial charge on any atom is -0.349 e. The van der Waals surface area contributed by atoms with Crippen LogP contribution in [0, 0.1) is 0 Å². The van der Waals surface area contributed by atoms with Crippen LogP contribution < -0.4 is 0 Å². The highest BCUT2D eigenvalue weighted by molar-refractivity contribution is 7.99. The summed E-state index contributed by atoms with van der Waals surface area (Å²) in [6, 6.07) is 0. The lowest BCUT2D eigenvalue weighted by atomic mass is 10.8. The Hall–Kier alpha value is -0.660. The largest absolute Gasteiger partial charge is 0.349 e. The van der Waals surface area contributed by atoms with E-state index in [0.29, 0.717) is 13.2 Å². The van der Waals surface area contributed by atoms with Crippen LogP contribution in [0.3, 0.4) is 0 Å². The number of nitrogens with zero attached hydrogens (tertiary/aromatic N) is 4. The van der Waals surface area contributed by atoms with E-state index >= 15 is 0 Å². The molecule has 0 aliphatic carbocycles. The van der Waals surface area contributed by atoms with Crippen molar-refractivity contribution in [1.29, 1.82) is 0 Å². The first-order chi connectivity index (χ1) is 6.36. The van der Waals surface area contributed by atoms with Crippen molar-refractivity contribution in [2.24, 2.45) is 7.05 Å². The SMILES string of the molecule is Cn1nnnc1SCC1OCCO1. The van der Waals surface area contributed by atoms with Gasteiger partial charge in [-0.15, -0.1) is 5.10 Å². The van der Waals surface area contributed by atoms with Crippen LogP contribution in [0.2, 0.25) is 0 Å². The highest BCUT2D eigenvalue weighted by atomic mass is 32.2. The number of hydrogen-bond donors (Lipinski definition) is 0. The van der Waals surface area contributed by atoms with Gasteiger partial charge < -0.3 is 9.47 Å². The fourth-order valence-corrected chi connectivity index (χ4v) is 1.78. The Morgan fingerprint density at radius 3 is 2.92 bits per heavy atom. The van der Waals surface area contributed by atoms with Gasteiger partial charge in [0.2, 0.25) is 5.16 Å². The van der Waals surface area contributed by atoms with Crippen molar-refractivity contribution in [3.8, 4) is 0 Å². The standard InChI is InChI=1S/C6H10N4O2S/c1-10-6(7-8-9-10)13-4-5-11-2-3-12-5/h5H,2-4H2,1H3. The predicted molar refractivity (Wildman–Crippen MR) is 45.2 cm³/mol. The van der Waals surface area contributed by atoms with E-state index in [0.717, 1.165) is 10.9 Å². The molecule has 0 atom stereocenters. The smallest absolute Gasteiger partial charge is 0.209 e. The van der Waals surface area contributed by atoms with Crippen LogP contribution in [0.1, 0.15) is 0 Å². The summed E-state index contributed by atoms with van der Waals surface area (Å²) in [5.41, 5.74) is 0. The van der Waals surface area contributed by atoms with Gasteiger partial charge in [0.1, 0.15) is 0 Å². The number of ether oxygens (including phenoxy) is 2. The predicted octanol–water partition coefficient (Wildman–Crippen LogP) is -0.325. The maximum Gasteiger partial charge on any atom is 0.209 e. The molecule has 0 N–H and O–H groups in total. The minimum absolute atomic E-state index is 0.110. The van der Waals surface area contributed by atoms with Crippen LogP contribution in [-0.4, -0.2) is 45.5 Å². The van der Waals surface area contributed by atoms with Crippen molar-refractivity contribution in [1.82, 2.24) is 20.2 Å². The molecule has 1 aromatic heterocycles. The molecule has 1 fully saturated rings. The molecule has 6 nitrogen and oxygen atoms in total. The van der Waals surface area contributed by atoms with E-state index in [4.69, 9.17) is 9.47 Å². The topological polar surface area (TPSA) is 62.1 Å². The molecule has 7 heteroatoms. The molecule has 0 unspecified atom stereocenters. The van der Waals surface area contributed by atoms with E-state index in [1.54, 1.807) is 11.7 Å². The van der Waals surface area contributed by atoms with Gasteiger partial charge >= 0.3 is 0 Å². The summed E-state index contributed by atoms with van der Waals surface area (Å²) in [5, 5.41) is 11.8. The zero-order chi connectivity index (χ0) is 9.10. The average Bonchev–Trinajstić information content (AvgIpc) is 2.72. The third-order valence-electron chi connectivity index (χ3n) is 1.62. The summed E-state index contributed by atoms with van der Waals surface area (Å²) in [6.07, 6.45) is -0.110. The first-order valence-electron chi connectivity index (χ1n) is 3.94. The van der Waals surface area contributed by atoms with Gasteiger partial charge in [-0.25, -0.2) is 4.68 Å². The van der Waals surface area contributed by atoms with Gasteiger partial charge in [0.25, 0.3) is 0 Å². The highest BCUT2D eigenvalue weighted by Crippen LogP contribution is 2.17. The van der Waals surface area contributed by atoms with Crippen LogP contribution in [0.25, 0.3) is 0 Å². The Bertz CT molecular complexity index is 273. The van der Waals surface area contributed by atoms with E-state index in [1.807, 2.05) is 0 Å². The fraction of sp³-hybridized carbons (Fsp3) is 0.833. The lowest BCUT2D eigenvalue weighted by Crippen LogP contribution is -2.11. The number of thioether (sulfide) groups is 1. The summed E-state index contributed by atoms with van der Waals surface area (Å²) in [4.78, 5) is 0. The number of tetrazole rings is 1.